The first-order valence-corrected chi connectivity index (χ1v) is 5.62. The second-order valence-electron chi connectivity index (χ2n) is 4.34. The van der Waals surface area contributed by atoms with Crippen LogP contribution in [0.4, 0.5) is 0 Å². The molecule has 0 spiro atoms. The van der Waals surface area contributed by atoms with Crippen LogP contribution in [0.15, 0.2) is 36.7 Å². The molecule has 1 aromatic heterocycles. The number of benzene rings is 1. The SMILES string of the molecule is Cc1cc(C)c(C(=O)c2ccncc2)c(C)c1. The molecule has 0 bridgehead atoms. The minimum absolute atomic E-state index is 0.0717. The summed E-state index contributed by atoms with van der Waals surface area (Å²) in [4.78, 5) is 16.3. The van der Waals surface area contributed by atoms with Crippen LogP contribution in [0.1, 0.15) is 32.6 Å². The van der Waals surface area contributed by atoms with Gasteiger partial charge in [0.25, 0.3) is 0 Å². The van der Waals surface area contributed by atoms with Gasteiger partial charge in [-0.1, -0.05) is 17.7 Å². The van der Waals surface area contributed by atoms with Crippen LogP contribution in [0.2, 0.25) is 0 Å². The molecule has 0 aliphatic rings. The molecular weight excluding hydrogens is 210 g/mol. The largest absolute Gasteiger partial charge is 0.289 e. The molecule has 2 rings (SSSR count). The third kappa shape index (κ3) is 2.26. The van der Waals surface area contributed by atoms with Crippen molar-refractivity contribution in [1.29, 1.82) is 0 Å². The van der Waals surface area contributed by atoms with Crippen molar-refractivity contribution in [1.82, 2.24) is 4.98 Å². The number of ketones is 1. The molecule has 1 heterocycles. The molecule has 17 heavy (non-hydrogen) atoms. The van der Waals surface area contributed by atoms with Crippen molar-refractivity contribution in [3.05, 3.63) is 64.5 Å². The van der Waals surface area contributed by atoms with Crippen LogP contribution in [-0.4, -0.2) is 10.8 Å². The van der Waals surface area contributed by atoms with Gasteiger partial charge in [-0.25, -0.2) is 0 Å². The summed E-state index contributed by atoms with van der Waals surface area (Å²) in [5.41, 5.74) is 4.75. The Morgan fingerprint density at radius 2 is 1.53 bits per heavy atom. The predicted octanol–water partition coefficient (Wildman–Crippen LogP) is 3.24. The molecule has 0 aliphatic carbocycles. The van der Waals surface area contributed by atoms with E-state index in [-0.39, 0.29) is 5.78 Å². The zero-order chi connectivity index (χ0) is 12.4. The Morgan fingerprint density at radius 1 is 1.00 bits per heavy atom. The van der Waals surface area contributed by atoms with E-state index in [1.54, 1.807) is 24.5 Å². The van der Waals surface area contributed by atoms with E-state index in [2.05, 4.69) is 4.98 Å². The van der Waals surface area contributed by atoms with Gasteiger partial charge in [0.1, 0.15) is 0 Å². The number of pyridine rings is 1. The molecule has 0 aliphatic heterocycles. The maximum atomic E-state index is 12.4. The van der Waals surface area contributed by atoms with E-state index in [1.165, 1.54) is 5.56 Å². The number of rotatable bonds is 2. The first kappa shape index (κ1) is 11.5. The Kier molecular flexibility index (Phi) is 3.05. The van der Waals surface area contributed by atoms with Crippen LogP contribution in [0.5, 0.6) is 0 Å². The molecule has 0 amide bonds. The zero-order valence-electron chi connectivity index (χ0n) is 10.3. The summed E-state index contributed by atoms with van der Waals surface area (Å²) in [7, 11) is 0. The van der Waals surface area contributed by atoms with Gasteiger partial charge in [-0.15, -0.1) is 0 Å². The van der Waals surface area contributed by atoms with E-state index in [4.69, 9.17) is 0 Å². The maximum Gasteiger partial charge on any atom is 0.193 e. The highest BCUT2D eigenvalue weighted by Gasteiger charge is 2.14. The van der Waals surface area contributed by atoms with Crippen molar-refractivity contribution >= 4 is 5.78 Å². The molecule has 0 N–H and O–H groups in total. The van der Waals surface area contributed by atoms with Gasteiger partial charge in [0.05, 0.1) is 0 Å². The molecule has 0 atom stereocenters. The lowest BCUT2D eigenvalue weighted by atomic mass is 9.93. The number of carbonyl (C=O) groups is 1. The Morgan fingerprint density at radius 3 is 2.06 bits per heavy atom. The van der Waals surface area contributed by atoms with Crippen molar-refractivity contribution in [2.75, 3.05) is 0 Å². The van der Waals surface area contributed by atoms with Crippen LogP contribution >= 0.6 is 0 Å². The summed E-state index contributed by atoms with van der Waals surface area (Å²) in [6.45, 7) is 6.00. The lowest BCUT2D eigenvalue weighted by Crippen LogP contribution is -2.06. The van der Waals surface area contributed by atoms with Crippen molar-refractivity contribution in [3.8, 4) is 0 Å². The van der Waals surface area contributed by atoms with Gasteiger partial charge in [0, 0.05) is 23.5 Å². The first-order chi connectivity index (χ1) is 8.09. The summed E-state index contributed by atoms with van der Waals surface area (Å²) in [5.74, 6) is 0.0717. The fourth-order valence-corrected chi connectivity index (χ4v) is 2.19. The third-order valence-corrected chi connectivity index (χ3v) is 2.85. The second-order valence-corrected chi connectivity index (χ2v) is 4.34. The Labute approximate surface area is 101 Å². The van der Waals surface area contributed by atoms with Crippen LogP contribution < -0.4 is 0 Å². The average molecular weight is 225 g/mol. The van der Waals surface area contributed by atoms with Crippen molar-refractivity contribution < 1.29 is 4.79 Å². The van der Waals surface area contributed by atoms with Gasteiger partial charge in [-0.2, -0.15) is 0 Å². The molecule has 86 valence electrons. The van der Waals surface area contributed by atoms with Crippen molar-refractivity contribution in [2.45, 2.75) is 20.8 Å². The normalized spacial score (nSPS) is 10.3. The van der Waals surface area contributed by atoms with E-state index < -0.39 is 0 Å². The molecule has 0 radical (unpaired) electrons. The average Bonchev–Trinajstić information content (AvgIpc) is 2.28. The highest BCUT2D eigenvalue weighted by molar-refractivity contribution is 6.10. The van der Waals surface area contributed by atoms with Gasteiger partial charge in [0.2, 0.25) is 0 Å². The molecule has 2 heteroatoms. The van der Waals surface area contributed by atoms with Gasteiger partial charge >= 0.3 is 0 Å². The summed E-state index contributed by atoms with van der Waals surface area (Å²) >= 11 is 0. The topological polar surface area (TPSA) is 30.0 Å². The number of aryl methyl sites for hydroxylation is 3. The number of hydrogen-bond acceptors (Lipinski definition) is 2. The van der Waals surface area contributed by atoms with E-state index >= 15 is 0 Å². The van der Waals surface area contributed by atoms with Gasteiger partial charge in [-0.05, 0) is 44.0 Å². The monoisotopic (exact) mass is 225 g/mol. The first-order valence-electron chi connectivity index (χ1n) is 5.62. The molecule has 0 saturated heterocycles. The number of nitrogens with zero attached hydrogens (tertiary/aromatic N) is 1. The number of carbonyl (C=O) groups excluding carboxylic acids is 1. The van der Waals surface area contributed by atoms with E-state index in [0.717, 1.165) is 16.7 Å². The number of hydrogen-bond donors (Lipinski definition) is 0. The number of aromatic nitrogens is 1. The Hall–Kier alpha value is -1.96. The van der Waals surface area contributed by atoms with E-state index in [9.17, 15) is 4.79 Å². The highest BCUT2D eigenvalue weighted by atomic mass is 16.1. The molecule has 0 fully saturated rings. The highest BCUT2D eigenvalue weighted by Crippen LogP contribution is 2.19. The minimum Gasteiger partial charge on any atom is -0.289 e. The summed E-state index contributed by atoms with van der Waals surface area (Å²) in [6.07, 6.45) is 3.29. The Balaban J connectivity index is 2.52. The van der Waals surface area contributed by atoms with Crippen molar-refractivity contribution in [3.63, 3.8) is 0 Å². The maximum absolute atomic E-state index is 12.4. The summed E-state index contributed by atoms with van der Waals surface area (Å²) < 4.78 is 0. The van der Waals surface area contributed by atoms with Crippen LogP contribution in [0, 0.1) is 20.8 Å². The van der Waals surface area contributed by atoms with E-state index in [0.29, 0.717) is 5.56 Å². The van der Waals surface area contributed by atoms with Crippen molar-refractivity contribution in [2.24, 2.45) is 0 Å². The predicted molar refractivity (Wildman–Crippen MR) is 68.3 cm³/mol. The Bertz CT molecular complexity index is 535. The molecule has 1 aromatic carbocycles. The lowest BCUT2D eigenvalue weighted by molar-refractivity contribution is 0.103. The van der Waals surface area contributed by atoms with Crippen LogP contribution in [0.25, 0.3) is 0 Å². The molecular formula is C15H15NO. The standard InChI is InChI=1S/C15H15NO/c1-10-8-11(2)14(12(3)9-10)15(17)13-4-6-16-7-5-13/h4-9H,1-3H3. The molecule has 0 saturated carbocycles. The molecule has 2 aromatic rings. The minimum atomic E-state index is 0.0717. The third-order valence-electron chi connectivity index (χ3n) is 2.85. The van der Waals surface area contributed by atoms with Crippen LogP contribution in [0.3, 0.4) is 0 Å². The summed E-state index contributed by atoms with van der Waals surface area (Å²) in [6, 6.07) is 7.59. The molecule has 2 nitrogen and oxygen atoms in total. The lowest BCUT2D eigenvalue weighted by Gasteiger charge is -2.10. The molecule has 0 unspecified atom stereocenters. The second kappa shape index (κ2) is 4.50. The van der Waals surface area contributed by atoms with Gasteiger partial charge in [-0.3, -0.25) is 9.78 Å². The van der Waals surface area contributed by atoms with Gasteiger partial charge < -0.3 is 0 Å². The smallest absolute Gasteiger partial charge is 0.193 e. The van der Waals surface area contributed by atoms with E-state index in [1.807, 2.05) is 32.9 Å². The zero-order valence-corrected chi connectivity index (χ0v) is 10.3. The van der Waals surface area contributed by atoms with Crippen LogP contribution in [-0.2, 0) is 0 Å². The summed E-state index contributed by atoms with van der Waals surface area (Å²) in [5, 5.41) is 0. The van der Waals surface area contributed by atoms with Gasteiger partial charge in [0.15, 0.2) is 5.78 Å². The fraction of sp³-hybridized carbons (Fsp3) is 0.200. The fourth-order valence-electron chi connectivity index (χ4n) is 2.19. The quantitative estimate of drug-likeness (QED) is 0.734.